The minimum Gasteiger partial charge on any atom is -0.448 e. The predicted molar refractivity (Wildman–Crippen MR) is 173 cm³/mol. The second kappa shape index (κ2) is 17.5. The van der Waals surface area contributed by atoms with Crippen LogP contribution in [0, 0.1) is 26.2 Å². The van der Waals surface area contributed by atoms with Crippen LogP contribution in [0.1, 0.15) is 22.3 Å². The molecule has 3 aromatic carbocycles. The largest absolute Gasteiger partial charge is 0.448 e. The van der Waals surface area contributed by atoms with Crippen molar-refractivity contribution in [3.8, 4) is 0 Å². The third kappa shape index (κ3) is 10.2. The molecule has 3 aromatic rings. The summed E-state index contributed by atoms with van der Waals surface area (Å²) in [5, 5.41) is 5.13. The number of aryl methyl sites for hydroxylation is 3. The molecule has 15 nitrogen and oxygen atoms in total. The molecule has 15 heteroatoms. The SMILES string of the molecule is C=C(NOOC)C(COC(=O)Nc1ccc(C)c(N=C=O)c1)(COC(=O)Nc1ccc(C)c(N=C=O)c1)Cc1ccc(C)c(N=C=O)c1. The molecular formula is C33H32N6O9. The summed E-state index contributed by atoms with van der Waals surface area (Å²) in [6, 6.07) is 14.5. The van der Waals surface area contributed by atoms with E-state index in [0.717, 1.165) is 0 Å². The first-order valence-corrected chi connectivity index (χ1v) is 14.1. The lowest BCUT2D eigenvalue weighted by Gasteiger charge is -2.34. The first kappa shape index (κ1) is 36.3. The van der Waals surface area contributed by atoms with Crippen LogP contribution in [-0.4, -0.2) is 50.7 Å². The number of ether oxygens (including phenoxy) is 2. The molecule has 0 bridgehead atoms. The Bertz CT molecular complexity index is 1740. The Morgan fingerprint density at radius 2 is 1.17 bits per heavy atom. The smallest absolute Gasteiger partial charge is 0.411 e. The summed E-state index contributed by atoms with van der Waals surface area (Å²) < 4.78 is 11.2. The van der Waals surface area contributed by atoms with E-state index in [1.54, 1.807) is 63.2 Å². The Labute approximate surface area is 275 Å². The van der Waals surface area contributed by atoms with E-state index in [0.29, 0.717) is 39.3 Å². The van der Waals surface area contributed by atoms with Crippen LogP contribution in [0.3, 0.4) is 0 Å². The van der Waals surface area contributed by atoms with Gasteiger partial charge in [-0.1, -0.05) is 30.8 Å². The number of hydrogen-bond acceptors (Lipinski definition) is 13. The van der Waals surface area contributed by atoms with Gasteiger partial charge < -0.3 is 9.47 Å². The average Bonchev–Trinajstić information content (AvgIpc) is 3.06. The molecule has 0 heterocycles. The van der Waals surface area contributed by atoms with Crippen LogP contribution in [0.25, 0.3) is 0 Å². The number of nitrogens with zero attached hydrogens (tertiary/aromatic N) is 3. The summed E-state index contributed by atoms with van der Waals surface area (Å²) in [6.45, 7) is 8.38. The molecule has 0 unspecified atom stereocenters. The van der Waals surface area contributed by atoms with Gasteiger partial charge in [0.25, 0.3) is 0 Å². The number of carbonyl (C=O) groups excluding carboxylic acids is 5. The number of aliphatic imine (C=N–C) groups is 3. The molecule has 3 rings (SSSR count). The second-order valence-electron chi connectivity index (χ2n) is 10.4. The van der Waals surface area contributed by atoms with Crippen LogP contribution in [-0.2, 0) is 40.2 Å². The Balaban J connectivity index is 1.94. The van der Waals surface area contributed by atoms with Crippen molar-refractivity contribution >= 4 is 58.9 Å². The number of isocyanates is 3. The van der Waals surface area contributed by atoms with Gasteiger partial charge in [-0.05, 0) is 79.8 Å². The summed E-state index contributed by atoms with van der Waals surface area (Å²) in [7, 11) is 1.24. The van der Waals surface area contributed by atoms with Gasteiger partial charge in [-0.2, -0.15) is 15.0 Å². The fourth-order valence-corrected chi connectivity index (χ4v) is 4.38. The topological polar surface area (TPSA) is 195 Å². The first-order valence-electron chi connectivity index (χ1n) is 14.1. The summed E-state index contributed by atoms with van der Waals surface area (Å²) in [5.41, 5.74) is 5.36. The average molecular weight is 657 g/mol. The Kier molecular flexibility index (Phi) is 13.2. The van der Waals surface area contributed by atoms with Gasteiger partial charge >= 0.3 is 12.2 Å². The summed E-state index contributed by atoms with van der Waals surface area (Å²) in [6.07, 6.45) is 2.67. The number of carbonyl (C=O) groups is 2. The molecule has 0 saturated carbocycles. The minimum atomic E-state index is -1.43. The number of amides is 2. The molecule has 3 N–H and O–H groups in total. The number of hydroxylamine groups is 1. The van der Waals surface area contributed by atoms with Gasteiger partial charge in [-0.25, -0.2) is 34.3 Å². The molecular weight excluding hydrogens is 624 g/mol. The van der Waals surface area contributed by atoms with E-state index in [1.165, 1.54) is 37.5 Å². The van der Waals surface area contributed by atoms with Crippen molar-refractivity contribution in [1.29, 1.82) is 0 Å². The van der Waals surface area contributed by atoms with Gasteiger partial charge in [0, 0.05) is 17.1 Å². The maximum Gasteiger partial charge on any atom is 0.411 e. The zero-order valence-corrected chi connectivity index (χ0v) is 26.5. The third-order valence-electron chi connectivity index (χ3n) is 7.07. The monoisotopic (exact) mass is 656 g/mol. The Morgan fingerprint density at radius 3 is 1.60 bits per heavy atom. The van der Waals surface area contributed by atoms with Crippen LogP contribution in [0.15, 0.2) is 81.9 Å². The molecule has 0 aliphatic carbocycles. The van der Waals surface area contributed by atoms with Crippen LogP contribution in [0.4, 0.5) is 38.0 Å². The van der Waals surface area contributed by atoms with Gasteiger partial charge in [0.2, 0.25) is 18.2 Å². The predicted octanol–water partition coefficient (Wildman–Crippen LogP) is 6.14. The highest BCUT2D eigenvalue weighted by molar-refractivity contribution is 5.86. The lowest BCUT2D eigenvalue weighted by Crippen LogP contribution is -2.43. The minimum absolute atomic E-state index is 0.0135. The lowest BCUT2D eigenvalue weighted by atomic mass is 9.80. The van der Waals surface area contributed by atoms with Crippen molar-refractivity contribution in [2.24, 2.45) is 20.4 Å². The first-order chi connectivity index (χ1) is 23.0. The molecule has 48 heavy (non-hydrogen) atoms. The highest BCUT2D eigenvalue weighted by atomic mass is 17.3. The zero-order chi connectivity index (χ0) is 35.1. The van der Waals surface area contributed by atoms with Crippen molar-refractivity contribution in [3.63, 3.8) is 0 Å². The van der Waals surface area contributed by atoms with Crippen molar-refractivity contribution in [3.05, 3.63) is 89.1 Å². The van der Waals surface area contributed by atoms with Gasteiger partial charge in [-0.3, -0.25) is 10.6 Å². The van der Waals surface area contributed by atoms with Crippen LogP contribution < -0.4 is 16.1 Å². The van der Waals surface area contributed by atoms with Crippen LogP contribution in [0.5, 0.6) is 0 Å². The van der Waals surface area contributed by atoms with E-state index in [9.17, 15) is 24.0 Å². The van der Waals surface area contributed by atoms with Crippen molar-refractivity contribution < 1.29 is 43.3 Å². The zero-order valence-electron chi connectivity index (χ0n) is 26.5. The Hall–Kier alpha value is -6.20. The van der Waals surface area contributed by atoms with E-state index in [1.807, 2.05) is 0 Å². The van der Waals surface area contributed by atoms with Gasteiger partial charge in [-0.15, -0.1) is 4.99 Å². The standard InChI is InChI=1S/C33H32N6O9/c1-21-6-9-25(12-28(21)34-18-40)15-33(24(4)39-48-45-5,16-46-31(43)37-26-10-7-22(2)29(13-26)35-19-41)17-47-32(44)38-27-11-8-23(3)30(14-27)36-20-42/h6-14,39H,4,15-17H2,1-3,5H3,(H,37,43)(H,38,44). The van der Waals surface area contributed by atoms with E-state index in [2.05, 4.69) is 42.6 Å². The lowest BCUT2D eigenvalue weighted by molar-refractivity contribution is -0.312. The van der Waals surface area contributed by atoms with E-state index in [4.69, 9.17) is 14.5 Å². The molecule has 0 radical (unpaired) electrons. The molecule has 0 atom stereocenters. The number of nitrogens with one attached hydrogen (secondary N) is 3. The van der Waals surface area contributed by atoms with Crippen LogP contribution >= 0.6 is 0 Å². The third-order valence-corrected chi connectivity index (χ3v) is 7.07. The molecule has 0 aliphatic rings. The number of anilines is 2. The quantitative estimate of drug-likeness (QED) is 0.0740. The highest BCUT2D eigenvalue weighted by Crippen LogP contribution is 2.34. The maximum atomic E-state index is 13.0. The molecule has 0 aliphatic heterocycles. The second-order valence-corrected chi connectivity index (χ2v) is 10.4. The van der Waals surface area contributed by atoms with Crippen molar-refractivity contribution in [2.75, 3.05) is 31.0 Å². The molecule has 0 spiro atoms. The molecule has 248 valence electrons. The van der Waals surface area contributed by atoms with Gasteiger partial charge in [0.1, 0.15) is 13.2 Å². The summed E-state index contributed by atoms with van der Waals surface area (Å²) in [4.78, 5) is 79.2. The molecule has 2 amide bonds. The van der Waals surface area contributed by atoms with Crippen molar-refractivity contribution in [2.45, 2.75) is 27.2 Å². The van der Waals surface area contributed by atoms with E-state index < -0.39 is 30.8 Å². The van der Waals surface area contributed by atoms with Gasteiger partial charge in [0.15, 0.2) is 0 Å². The molecule has 0 aromatic heterocycles. The fraction of sp³-hybridized carbons (Fsp3) is 0.242. The molecule has 0 saturated heterocycles. The Morgan fingerprint density at radius 1 is 0.729 bits per heavy atom. The summed E-state index contributed by atoms with van der Waals surface area (Å²) >= 11 is 0. The van der Waals surface area contributed by atoms with Crippen LogP contribution in [0.2, 0.25) is 0 Å². The van der Waals surface area contributed by atoms with E-state index in [-0.39, 0.29) is 23.5 Å². The number of benzene rings is 3. The summed E-state index contributed by atoms with van der Waals surface area (Å²) in [5.74, 6) is 0. The van der Waals surface area contributed by atoms with Gasteiger partial charge in [0.05, 0.1) is 29.6 Å². The fourth-order valence-electron chi connectivity index (χ4n) is 4.38. The normalized spacial score (nSPS) is 11.3. The maximum absolute atomic E-state index is 13.0. The van der Waals surface area contributed by atoms with E-state index >= 15 is 0 Å². The highest BCUT2D eigenvalue weighted by Gasteiger charge is 2.38. The number of rotatable bonds is 15. The van der Waals surface area contributed by atoms with Crippen molar-refractivity contribution in [1.82, 2.24) is 5.48 Å². The molecule has 0 fully saturated rings. The number of hydrogen-bond donors (Lipinski definition) is 3.